The Labute approximate surface area is 143 Å². The van der Waals surface area contributed by atoms with Gasteiger partial charge in [0, 0.05) is 5.69 Å². The van der Waals surface area contributed by atoms with Gasteiger partial charge in [0.05, 0.1) is 0 Å². The van der Waals surface area contributed by atoms with Crippen LogP contribution in [0.15, 0.2) is 54.6 Å². The van der Waals surface area contributed by atoms with Crippen molar-refractivity contribution >= 4 is 11.6 Å². The summed E-state index contributed by atoms with van der Waals surface area (Å²) in [5.41, 5.74) is 3.87. The van der Waals surface area contributed by atoms with E-state index in [1.807, 2.05) is 45.0 Å². The Balaban J connectivity index is 1.84. The lowest BCUT2D eigenvalue weighted by molar-refractivity contribution is -0.118. The number of aryl methyl sites for hydroxylation is 2. The molecule has 24 heavy (non-hydrogen) atoms. The van der Waals surface area contributed by atoms with Crippen molar-refractivity contribution in [3.63, 3.8) is 0 Å². The van der Waals surface area contributed by atoms with E-state index in [-0.39, 0.29) is 12.5 Å². The molecule has 2 aromatic rings. The van der Waals surface area contributed by atoms with Gasteiger partial charge in [0.25, 0.3) is 5.91 Å². The summed E-state index contributed by atoms with van der Waals surface area (Å²) in [4.78, 5) is 12.0. The molecular formula is C20H23NO3. The van der Waals surface area contributed by atoms with Gasteiger partial charge >= 0.3 is 0 Å². The highest BCUT2D eigenvalue weighted by Gasteiger charge is 2.05. The third-order valence-electron chi connectivity index (χ3n) is 3.19. The van der Waals surface area contributed by atoms with Gasteiger partial charge in [-0.15, -0.1) is 0 Å². The molecule has 1 amide bonds. The molecule has 0 heterocycles. The Morgan fingerprint density at radius 2 is 1.54 bits per heavy atom. The topological polar surface area (TPSA) is 47.6 Å². The second-order valence-corrected chi connectivity index (χ2v) is 5.93. The van der Waals surface area contributed by atoms with Crippen molar-refractivity contribution in [3.05, 3.63) is 65.7 Å². The highest BCUT2D eigenvalue weighted by atomic mass is 16.5. The van der Waals surface area contributed by atoms with E-state index in [4.69, 9.17) is 9.47 Å². The Bertz CT molecular complexity index is 700. The number of ether oxygens (including phenoxy) is 2. The zero-order valence-electron chi connectivity index (χ0n) is 14.4. The molecule has 4 nitrogen and oxygen atoms in total. The molecule has 0 radical (unpaired) electrons. The summed E-state index contributed by atoms with van der Waals surface area (Å²) < 4.78 is 11.1. The van der Waals surface area contributed by atoms with Crippen molar-refractivity contribution in [1.29, 1.82) is 0 Å². The highest BCUT2D eigenvalue weighted by molar-refractivity contribution is 5.91. The van der Waals surface area contributed by atoms with E-state index in [2.05, 4.69) is 18.0 Å². The van der Waals surface area contributed by atoms with Crippen LogP contribution in [-0.2, 0) is 4.79 Å². The first-order valence-electron chi connectivity index (χ1n) is 7.80. The third-order valence-corrected chi connectivity index (χ3v) is 3.19. The molecule has 0 atom stereocenters. The summed E-state index contributed by atoms with van der Waals surface area (Å²) in [5.74, 6) is 1.23. The summed E-state index contributed by atoms with van der Waals surface area (Å²) in [6.45, 7) is 10.1. The van der Waals surface area contributed by atoms with Gasteiger partial charge in [0.1, 0.15) is 18.1 Å². The van der Waals surface area contributed by atoms with E-state index in [1.54, 1.807) is 12.1 Å². The Morgan fingerprint density at radius 3 is 2.12 bits per heavy atom. The van der Waals surface area contributed by atoms with E-state index in [1.165, 1.54) is 0 Å². The molecule has 0 aliphatic carbocycles. The fourth-order valence-corrected chi connectivity index (χ4v) is 2.20. The number of nitrogens with one attached hydrogen (secondary N) is 1. The first-order valence-corrected chi connectivity index (χ1v) is 7.80. The third kappa shape index (κ3) is 5.80. The minimum absolute atomic E-state index is 0.0309. The van der Waals surface area contributed by atoms with Crippen LogP contribution in [-0.4, -0.2) is 19.1 Å². The van der Waals surface area contributed by atoms with E-state index in [0.29, 0.717) is 18.0 Å². The van der Waals surface area contributed by atoms with Crippen LogP contribution >= 0.6 is 0 Å². The highest BCUT2D eigenvalue weighted by Crippen LogP contribution is 2.18. The molecule has 0 saturated heterocycles. The van der Waals surface area contributed by atoms with Crippen LogP contribution in [0.25, 0.3) is 0 Å². The normalized spacial score (nSPS) is 10.1. The molecule has 0 fully saturated rings. The minimum Gasteiger partial charge on any atom is -0.489 e. The van der Waals surface area contributed by atoms with Crippen molar-refractivity contribution in [2.45, 2.75) is 20.8 Å². The smallest absolute Gasteiger partial charge is 0.262 e. The Hall–Kier alpha value is -2.75. The summed E-state index contributed by atoms with van der Waals surface area (Å²) in [6.07, 6.45) is 0. The molecule has 126 valence electrons. The number of hydrogen-bond donors (Lipinski definition) is 1. The monoisotopic (exact) mass is 325 g/mol. The van der Waals surface area contributed by atoms with Gasteiger partial charge < -0.3 is 14.8 Å². The molecule has 2 aromatic carbocycles. The molecule has 0 bridgehead atoms. The lowest BCUT2D eigenvalue weighted by Gasteiger charge is -2.10. The molecule has 2 rings (SSSR count). The van der Waals surface area contributed by atoms with Crippen molar-refractivity contribution in [1.82, 2.24) is 0 Å². The van der Waals surface area contributed by atoms with Gasteiger partial charge in [0.15, 0.2) is 6.61 Å². The number of amides is 1. The summed E-state index contributed by atoms with van der Waals surface area (Å²) in [6, 6.07) is 13.1. The van der Waals surface area contributed by atoms with E-state index in [9.17, 15) is 4.79 Å². The number of hydrogen-bond acceptors (Lipinski definition) is 3. The van der Waals surface area contributed by atoms with Crippen LogP contribution < -0.4 is 14.8 Å². The van der Waals surface area contributed by atoms with Crippen molar-refractivity contribution in [2.24, 2.45) is 0 Å². The van der Waals surface area contributed by atoms with E-state index >= 15 is 0 Å². The van der Waals surface area contributed by atoms with Crippen molar-refractivity contribution in [3.8, 4) is 11.5 Å². The quantitative estimate of drug-likeness (QED) is 0.773. The van der Waals surface area contributed by atoms with Gasteiger partial charge in [-0.1, -0.05) is 12.6 Å². The summed E-state index contributed by atoms with van der Waals surface area (Å²) >= 11 is 0. The Morgan fingerprint density at radius 1 is 0.958 bits per heavy atom. The van der Waals surface area contributed by atoms with Gasteiger partial charge in [-0.25, -0.2) is 0 Å². The average molecular weight is 325 g/mol. The largest absolute Gasteiger partial charge is 0.489 e. The predicted molar refractivity (Wildman–Crippen MR) is 96.8 cm³/mol. The zero-order valence-corrected chi connectivity index (χ0v) is 14.4. The Kier molecular flexibility index (Phi) is 6.01. The predicted octanol–water partition coefficient (Wildman–Crippen LogP) is 4.28. The molecule has 0 aromatic heterocycles. The molecule has 0 saturated carbocycles. The number of benzene rings is 2. The van der Waals surface area contributed by atoms with Crippen LogP contribution in [0.2, 0.25) is 0 Å². The number of anilines is 1. The van der Waals surface area contributed by atoms with Crippen LogP contribution in [0.4, 0.5) is 5.69 Å². The molecule has 1 N–H and O–H groups in total. The standard InChI is InChI=1S/C20H23NO3/c1-14(2)12-23-18-7-5-17(6-8-18)21-20(22)13-24-19-10-15(3)9-16(4)11-19/h5-11H,1,12-13H2,2-4H3,(H,21,22). The average Bonchev–Trinajstić information content (AvgIpc) is 2.51. The van der Waals surface area contributed by atoms with Gasteiger partial charge in [-0.05, 0) is 73.9 Å². The minimum atomic E-state index is -0.204. The number of carbonyl (C=O) groups is 1. The van der Waals surface area contributed by atoms with Gasteiger partial charge in [-0.2, -0.15) is 0 Å². The molecule has 0 aliphatic heterocycles. The number of rotatable bonds is 7. The van der Waals surface area contributed by atoms with Crippen molar-refractivity contribution in [2.75, 3.05) is 18.5 Å². The lowest BCUT2D eigenvalue weighted by Crippen LogP contribution is -2.20. The summed E-state index contributed by atoms with van der Waals surface area (Å²) in [5, 5.41) is 2.80. The lowest BCUT2D eigenvalue weighted by atomic mass is 10.1. The number of carbonyl (C=O) groups excluding carboxylic acids is 1. The molecular weight excluding hydrogens is 302 g/mol. The van der Waals surface area contributed by atoms with Gasteiger partial charge in [0.2, 0.25) is 0 Å². The first-order chi connectivity index (χ1) is 11.4. The fourth-order valence-electron chi connectivity index (χ4n) is 2.20. The van der Waals surface area contributed by atoms with E-state index in [0.717, 1.165) is 22.4 Å². The maximum absolute atomic E-state index is 12.0. The second kappa shape index (κ2) is 8.20. The van der Waals surface area contributed by atoms with Crippen LogP contribution in [0, 0.1) is 13.8 Å². The maximum atomic E-state index is 12.0. The molecule has 0 spiro atoms. The van der Waals surface area contributed by atoms with Crippen LogP contribution in [0.5, 0.6) is 11.5 Å². The molecule has 0 aliphatic rings. The maximum Gasteiger partial charge on any atom is 0.262 e. The van der Waals surface area contributed by atoms with Crippen LogP contribution in [0.1, 0.15) is 18.1 Å². The second-order valence-electron chi connectivity index (χ2n) is 5.93. The van der Waals surface area contributed by atoms with E-state index < -0.39 is 0 Å². The SMILES string of the molecule is C=C(C)COc1ccc(NC(=O)COc2cc(C)cc(C)c2)cc1. The van der Waals surface area contributed by atoms with Crippen LogP contribution in [0.3, 0.4) is 0 Å². The van der Waals surface area contributed by atoms with Crippen molar-refractivity contribution < 1.29 is 14.3 Å². The van der Waals surface area contributed by atoms with Gasteiger partial charge in [-0.3, -0.25) is 4.79 Å². The molecule has 0 unspecified atom stereocenters. The molecule has 4 heteroatoms. The fraction of sp³-hybridized carbons (Fsp3) is 0.250. The summed E-state index contributed by atoms with van der Waals surface area (Å²) in [7, 11) is 0. The zero-order chi connectivity index (χ0) is 17.5. The first kappa shape index (κ1) is 17.6.